The van der Waals surface area contributed by atoms with Crippen molar-refractivity contribution in [2.45, 2.75) is 32.1 Å². The molecule has 0 spiro atoms. The number of anilines is 1. The molecule has 0 saturated heterocycles. The Hall–Kier alpha value is -2.62. The molecule has 1 amide bonds. The number of aryl methyl sites for hydroxylation is 1. The van der Waals surface area contributed by atoms with Gasteiger partial charge in [0, 0.05) is 29.9 Å². The molecule has 0 bridgehead atoms. The summed E-state index contributed by atoms with van der Waals surface area (Å²) in [6.45, 7) is 0. The van der Waals surface area contributed by atoms with Gasteiger partial charge in [-0.15, -0.1) is 0 Å². The molecule has 0 unspecified atom stereocenters. The zero-order valence-corrected chi connectivity index (χ0v) is 13.9. The molecule has 4 rings (SSSR count). The second-order valence-electron chi connectivity index (χ2n) is 6.50. The molecule has 4 heteroatoms. The van der Waals surface area contributed by atoms with Gasteiger partial charge in [0.05, 0.1) is 11.2 Å². The summed E-state index contributed by atoms with van der Waals surface area (Å²) in [5.41, 5.74) is 5.06. The van der Waals surface area contributed by atoms with Crippen LogP contribution >= 0.6 is 0 Å². The van der Waals surface area contributed by atoms with Crippen LogP contribution < -0.4 is 5.32 Å². The smallest absolute Gasteiger partial charge is 0.253 e. The zero-order valence-electron chi connectivity index (χ0n) is 13.9. The first kappa shape index (κ1) is 14.9. The van der Waals surface area contributed by atoms with Gasteiger partial charge < -0.3 is 10.2 Å². The van der Waals surface area contributed by atoms with Gasteiger partial charge in [0.25, 0.3) is 5.91 Å². The van der Waals surface area contributed by atoms with Gasteiger partial charge >= 0.3 is 0 Å². The third-order valence-corrected chi connectivity index (χ3v) is 4.74. The number of hydrogen-bond acceptors (Lipinski definition) is 3. The number of amides is 1. The van der Waals surface area contributed by atoms with Crippen LogP contribution in [0.1, 0.15) is 30.5 Å². The molecule has 1 aromatic carbocycles. The van der Waals surface area contributed by atoms with Crippen molar-refractivity contribution in [3.05, 3.63) is 59.6 Å². The molecule has 0 fully saturated rings. The number of para-hydroxylation sites is 1. The molecule has 1 aliphatic carbocycles. The summed E-state index contributed by atoms with van der Waals surface area (Å²) in [7, 11) is 1.94. The maximum absolute atomic E-state index is 12.8. The average molecular weight is 319 g/mol. The molecule has 1 aliphatic heterocycles. The Morgan fingerprint density at radius 3 is 2.92 bits per heavy atom. The Morgan fingerprint density at radius 2 is 2.04 bits per heavy atom. The largest absolute Gasteiger partial charge is 0.357 e. The van der Waals surface area contributed by atoms with Gasteiger partial charge in [-0.1, -0.05) is 24.3 Å². The predicted molar refractivity (Wildman–Crippen MR) is 96.6 cm³/mol. The van der Waals surface area contributed by atoms with Crippen LogP contribution in [0.5, 0.6) is 0 Å². The second-order valence-corrected chi connectivity index (χ2v) is 6.50. The molecule has 0 atom stereocenters. The van der Waals surface area contributed by atoms with E-state index in [-0.39, 0.29) is 5.91 Å². The van der Waals surface area contributed by atoms with E-state index in [0.717, 1.165) is 47.1 Å². The lowest BCUT2D eigenvalue weighted by atomic mass is 9.92. The monoisotopic (exact) mass is 319 g/mol. The van der Waals surface area contributed by atoms with Crippen molar-refractivity contribution in [3.63, 3.8) is 0 Å². The van der Waals surface area contributed by atoms with E-state index in [4.69, 9.17) is 4.98 Å². The Balaban J connectivity index is 1.76. The molecule has 1 N–H and O–H groups in total. The maximum Gasteiger partial charge on any atom is 0.253 e. The minimum atomic E-state index is -0.0182. The standard InChI is InChI=1S/C20H21N3O/c1-23-12-6-7-14(13-23)20(24)22-19-15-8-2-4-10-17(15)21-18-11-5-3-9-16(18)19/h2,4,6,8,10,12-13H,3,5,7,9,11H2,1H3,(H,21,22,24). The Bertz CT molecular complexity index is 867. The number of benzene rings is 1. The number of pyridine rings is 1. The van der Waals surface area contributed by atoms with Crippen molar-refractivity contribution >= 4 is 22.5 Å². The van der Waals surface area contributed by atoms with E-state index in [2.05, 4.69) is 5.32 Å². The molecule has 0 radical (unpaired) electrons. The van der Waals surface area contributed by atoms with E-state index in [0.29, 0.717) is 6.42 Å². The minimum absolute atomic E-state index is 0.0182. The number of aromatic nitrogens is 1. The summed E-state index contributed by atoms with van der Waals surface area (Å²) >= 11 is 0. The number of nitrogens with zero attached hydrogens (tertiary/aromatic N) is 2. The minimum Gasteiger partial charge on any atom is -0.357 e. The van der Waals surface area contributed by atoms with E-state index in [1.807, 2.05) is 54.7 Å². The van der Waals surface area contributed by atoms with Gasteiger partial charge in [0.15, 0.2) is 0 Å². The van der Waals surface area contributed by atoms with Crippen molar-refractivity contribution in [1.29, 1.82) is 0 Å². The molecule has 2 aromatic rings. The van der Waals surface area contributed by atoms with Gasteiger partial charge in [-0.2, -0.15) is 0 Å². The molecule has 24 heavy (non-hydrogen) atoms. The number of fused-ring (bicyclic) bond motifs is 2. The van der Waals surface area contributed by atoms with E-state index in [1.54, 1.807) is 0 Å². The maximum atomic E-state index is 12.8. The molecule has 2 heterocycles. The zero-order chi connectivity index (χ0) is 16.5. The molecule has 122 valence electrons. The van der Waals surface area contributed by atoms with E-state index in [9.17, 15) is 4.79 Å². The fraction of sp³-hybridized carbons (Fsp3) is 0.300. The van der Waals surface area contributed by atoms with Gasteiger partial charge in [-0.3, -0.25) is 9.78 Å². The van der Waals surface area contributed by atoms with Crippen LogP contribution in [0.25, 0.3) is 10.9 Å². The highest BCUT2D eigenvalue weighted by atomic mass is 16.1. The quantitative estimate of drug-likeness (QED) is 0.916. The average Bonchev–Trinajstić information content (AvgIpc) is 2.61. The third kappa shape index (κ3) is 2.68. The number of rotatable bonds is 2. The number of hydrogen-bond donors (Lipinski definition) is 1. The summed E-state index contributed by atoms with van der Waals surface area (Å²) in [4.78, 5) is 19.5. The fourth-order valence-corrected chi connectivity index (χ4v) is 3.55. The van der Waals surface area contributed by atoms with Crippen LogP contribution in [0.3, 0.4) is 0 Å². The van der Waals surface area contributed by atoms with Crippen LogP contribution in [0.2, 0.25) is 0 Å². The molecule has 0 saturated carbocycles. The third-order valence-electron chi connectivity index (χ3n) is 4.74. The highest BCUT2D eigenvalue weighted by molar-refractivity contribution is 6.09. The van der Waals surface area contributed by atoms with Gasteiger partial charge in [-0.25, -0.2) is 0 Å². The summed E-state index contributed by atoms with van der Waals surface area (Å²) in [6.07, 6.45) is 10.9. The summed E-state index contributed by atoms with van der Waals surface area (Å²) in [5.74, 6) is -0.0182. The topological polar surface area (TPSA) is 45.2 Å². The number of allylic oxidation sites excluding steroid dienone is 1. The summed E-state index contributed by atoms with van der Waals surface area (Å²) in [6, 6.07) is 8.08. The van der Waals surface area contributed by atoms with Crippen LogP contribution in [-0.2, 0) is 17.6 Å². The molecular formula is C20H21N3O. The van der Waals surface area contributed by atoms with Crippen LogP contribution in [0, 0.1) is 0 Å². The normalized spacial score (nSPS) is 16.7. The molecule has 4 nitrogen and oxygen atoms in total. The van der Waals surface area contributed by atoms with Gasteiger partial charge in [0.2, 0.25) is 0 Å². The Morgan fingerprint density at radius 1 is 1.21 bits per heavy atom. The lowest BCUT2D eigenvalue weighted by Crippen LogP contribution is -2.21. The molecule has 2 aliphatic rings. The lowest BCUT2D eigenvalue weighted by molar-refractivity contribution is -0.113. The highest BCUT2D eigenvalue weighted by Gasteiger charge is 2.21. The van der Waals surface area contributed by atoms with E-state index < -0.39 is 0 Å². The van der Waals surface area contributed by atoms with Crippen LogP contribution in [-0.4, -0.2) is 22.8 Å². The van der Waals surface area contributed by atoms with Gasteiger partial charge in [0.1, 0.15) is 0 Å². The van der Waals surface area contributed by atoms with Crippen molar-refractivity contribution < 1.29 is 4.79 Å². The lowest BCUT2D eigenvalue weighted by Gasteiger charge is -2.22. The molecule has 1 aromatic heterocycles. The van der Waals surface area contributed by atoms with Crippen molar-refractivity contribution in [1.82, 2.24) is 9.88 Å². The van der Waals surface area contributed by atoms with E-state index >= 15 is 0 Å². The fourth-order valence-electron chi connectivity index (χ4n) is 3.55. The van der Waals surface area contributed by atoms with Gasteiger partial charge in [-0.05, 0) is 49.9 Å². The first-order chi connectivity index (χ1) is 11.7. The van der Waals surface area contributed by atoms with Crippen molar-refractivity contribution in [3.8, 4) is 0 Å². The van der Waals surface area contributed by atoms with Crippen LogP contribution in [0.15, 0.2) is 48.3 Å². The first-order valence-electron chi connectivity index (χ1n) is 8.53. The second kappa shape index (κ2) is 6.11. The summed E-state index contributed by atoms with van der Waals surface area (Å²) in [5, 5.41) is 4.23. The number of nitrogens with one attached hydrogen (secondary N) is 1. The van der Waals surface area contributed by atoms with Crippen molar-refractivity contribution in [2.75, 3.05) is 12.4 Å². The van der Waals surface area contributed by atoms with Crippen molar-refractivity contribution in [2.24, 2.45) is 0 Å². The first-order valence-corrected chi connectivity index (χ1v) is 8.53. The number of carbonyl (C=O) groups is 1. The number of carbonyl (C=O) groups excluding carboxylic acids is 1. The Labute approximate surface area is 141 Å². The molecular weight excluding hydrogens is 298 g/mol. The van der Waals surface area contributed by atoms with Crippen LogP contribution in [0.4, 0.5) is 5.69 Å². The summed E-state index contributed by atoms with van der Waals surface area (Å²) < 4.78 is 0. The Kier molecular flexibility index (Phi) is 3.81. The highest BCUT2D eigenvalue weighted by Crippen LogP contribution is 2.33. The SMILES string of the molecule is CN1C=CCC(C(=O)Nc2c3c(nc4ccccc24)CCCC3)=C1. The van der Waals surface area contributed by atoms with E-state index in [1.165, 1.54) is 12.0 Å². The predicted octanol–water partition coefficient (Wildman–Crippen LogP) is 3.79.